The topological polar surface area (TPSA) is 161 Å². The molecule has 1 aliphatic rings. The maximum absolute atomic E-state index is 12.8. The molecule has 2 aromatic rings. The number of carbonyl (C=O) groups is 2. The van der Waals surface area contributed by atoms with Crippen LogP contribution in [0.3, 0.4) is 0 Å². The first-order valence-corrected chi connectivity index (χ1v) is 11.9. The van der Waals surface area contributed by atoms with Gasteiger partial charge in [0, 0.05) is 26.2 Å². The van der Waals surface area contributed by atoms with Gasteiger partial charge in [0.2, 0.25) is 20.0 Å². The minimum Gasteiger partial charge on any atom is -0.335 e. The number of piperazine rings is 1. The highest BCUT2D eigenvalue weighted by molar-refractivity contribution is 7.89. The van der Waals surface area contributed by atoms with Gasteiger partial charge in [0.1, 0.15) is 0 Å². The summed E-state index contributed by atoms with van der Waals surface area (Å²) < 4.78 is 47.0. The summed E-state index contributed by atoms with van der Waals surface area (Å²) in [5, 5.41) is 10.4. The molecule has 4 N–H and O–H groups in total. The SMILES string of the molecule is NS(=O)(=O)c1ccccc1C(=O)N1CCN(C(=O)c2ccccc2S(N)(=O)=O)CC1. The molecule has 10 nitrogen and oxygen atoms in total. The fourth-order valence-electron chi connectivity index (χ4n) is 3.24. The first-order valence-electron chi connectivity index (χ1n) is 8.82. The summed E-state index contributed by atoms with van der Waals surface area (Å²) in [6.45, 7) is 0.560. The van der Waals surface area contributed by atoms with E-state index in [2.05, 4.69) is 0 Å². The Morgan fingerprint density at radius 2 is 0.933 bits per heavy atom. The van der Waals surface area contributed by atoms with Crippen molar-refractivity contribution in [1.29, 1.82) is 0 Å². The summed E-state index contributed by atoms with van der Waals surface area (Å²) in [4.78, 5) is 27.9. The number of benzene rings is 2. The van der Waals surface area contributed by atoms with Gasteiger partial charge in [-0.25, -0.2) is 27.1 Å². The Balaban J connectivity index is 1.77. The molecular formula is C18H20N4O6S2. The molecule has 3 rings (SSSR count). The molecule has 0 saturated carbocycles. The van der Waals surface area contributed by atoms with Crippen LogP contribution in [0.5, 0.6) is 0 Å². The van der Waals surface area contributed by atoms with Crippen molar-refractivity contribution in [3.8, 4) is 0 Å². The molecule has 0 aromatic heterocycles. The number of nitrogens with zero attached hydrogens (tertiary/aromatic N) is 2. The summed E-state index contributed by atoms with van der Waals surface area (Å²) in [6, 6.07) is 11.3. The van der Waals surface area contributed by atoms with Crippen LogP contribution >= 0.6 is 0 Å². The van der Waals surface area contributed by atoms with Crippen molar-refractivity contribution < 1.29 is 26.4 Å². The van der Waals surface area contributed by atoms with Gasteiger partial charge in [0.05, 0.1) is 20.9 Å². The van der Waals surface area contributed by atoms with Gasteiger partial charge in [-0.1, -0.05) is 24.3 Å². The van der Waals surface area contributed by atoms with Crippen molar-refractivity contribution in [1.82, 2.24) is 9.80 Å². The zero-order chi connectivity index (χ0) is 22.1. The number of hydrogen-bond acceptors (Lipinski definition) is 6. The van der Waals surface area contributed by atoms with Gasteiger partial charge < -0.3 is 9.80 Å². The maximum Gasteiger partial charge on any atom is 0.255 e. The van der Waals surface area contributed by atoms with Gasteiger partial charge in [-0.15, -0.1) is 0 Å². The second-order valence-corrected chi connectivity index (χ2v) is 9.73. The van der Waals surface area contributed by atoms with Crippen molar-refractivity contribution in [2.45, 2.75) is 9.79 Å². The number of amides is 2. The summed E-state index contributed by atoms with van der Waals surface area (Å²) in [6.07, 6.45) is 0. The number of carbonyl (C=O) groups excluding carboxylic acids is 2. The smallest absolute Gasteiger partial charge is 0.255 e. The van der Waals surface area contributed by atoms with Crippen molar-refractivity contribution in [3.05, 3.63) is 59.7 Å². The summed E-state index contributed by atoms with van der Waals surface area (Å²) in [5.74, 6) is -1.03. The average Bonchev–Trinajstić information content (AvgIpc) is 2.71. The lowest BCUT2D eigenvalue weighted by molar-refractivity contribution is 0.0531. The Morgan fingerprint density at radius 1 is 0.633 bits per heavy atom. The van der Waals surface area contributed by atoms with Gasteiger partial charge in [-0.05, 0) is 24.3 Å². The number of rotatable bonds is 4. The van der Waals surface area contributed by atoms with E-state index in [9.17, 15) is 26.4 Å². The number of primary sulfonamides is 2. The van der Waals surface area contributed by atoms with E-state index in [-0.39, 0.29) is 47.1 Å². The second kappa shape index (κ2) is 8.14. The van der Waals surface area contributed by atoms with Crippen LogP contribution in [0.1, 0.15) is 20.7 Å². The van der Waals surface area contributed by atoms with E-state index in [1.807, 2.05) is 0 Å². The largest absolute Gasteiger partial charge is 0.335 e. The minimum absolute atomic E-state index is 0.0423. The van der Waals surface area contributed by atoms with E-state index in [1.54, 1.807) is 0 Å². The molecule has 0 atom stereocenters. The Labute approximate surface area is 174 Å². The standard InChI is InChI=1S/C18H20N4O6S2/c19-29(25,26)15-7-3-1-5-13(15)17(23)21-9-11-22(12-10-21)18(24)14-6-2-4-8-16(14)30(20,27)28/h1-8H,9-12H2,(H2,19,25,26)(H2,20,27,28). The summed E-state index contributed by atoms with van der Waals surface area (Å²) in [5.41, 5.74) is -0.0845. The van der Waals surface area contributed by atoms with E-state index in [4.69, 9.17) is 10.3 Å². The van der Waals surface area contributed by atoms with E-state index in [0.717, 1.165) is 0 Å². The highest BCUT2D eigenvalue weighted by Crippen LogP contribution is 2.20. The van der Waals surface area contributed by atoms with Crippen molar-refractivity contribution in [3.63, 3.8) is 0 Å². The van der Waals surface area contributed by atoms with Crippen LogP contribution in [0.15, 0.2) is 58.3 Å². The molecule has 0 spiro atoms. The van der Waals surface area contributed by atoms with Crippen LogP contribution in [0.25, 0.3) is 0 Å². The van der Waals surface area contributed by atoms with Crippen molar-refractivity contribution in [2.24, 2.45) is 10.3 Å². The van der Waals surface area contributed by atoms with Gasteiger partial charge in [0.15, 0.2) is 0 Å². The fourth-order valence-corrected chi connectivity index (χ4v) is 4.70. The van der Waals surface area contributed by atoms with E-state index in [1.165, 1.54) is 58.3 Å². The fraction of sp³-hybridized carbons (Fsp3) is 0.222. The van der Waals surface area contributed by atoms with Crippen molar-refractivity contribution >= 4 is 31.9 Å². The molecule has 2 aromatic carbocycles. The zero-order valence-corrected chi connectivity index (χ0v) is 17.4. The van der Waals surface area contributed by atoms with Crippen molar-refractivity contribution in [2.75, 3.05) is 26.2 Å². The molecule has 2 amide bonds. The molecule has 0 unspecified atom stereocenters. The van der Waals surface area contributed by atoms with Crippen LogP contribution in [-0.2, 0) is 20.0 Å². The van der Waals surface area contributed by atoms with Gasteiger partial charge >= 0.3 is 0 Å². The van der Waals surface area contributed by atoms with Gasteiger partial charge in [-0.3, -0.25) is 9.59 Å². The molecule has 1 fully saturated rings. The third-order valence-electron chi connectivity index (χ3n) is 4.70. The Kier molecular flexibility index (Phi) is 5.94. The predicted molar refractivity (Wildman–Crippen MR) is 107 cm³/mol. The first kappa shape index (κ1) is 21.9. The summed E-state index contributed by atoms with van der Waals surface area (Å²) >= 11 is 0. The highest BCUT2D eigenvalue weighted by atomic mass is 32.2. The predicted octanol–water partition coefficient (Wildman–Crippen LogP) is -0.420. The third-order valence-corrected chi connectivity index (χ3v) is 6.64. The molecule has 0 bridgehead atoms. The zero-order valence-electron chi connectivity index (χ0n) is 15.8. The van der Waals surface area contributed by atoms with E-state index >= 15 is 0 Å². The molecule has 30 heavy (non-hydrogen) atoms. The van der Waals surface area contributed by atoms with E-state index < -0.39 is 31.9 Å². The lowest BCUT2D eigenvalue weighted by atomic mass is 10.1. The first-order chi connectivity index (χ1) is 14.0. The molecule has 12 heteroatoms. The lowest BCUT2D eigenvalue weighted by Gasteiger charge is -2.35. The number of sulfonamides is 2. The average molecular weight is 453 g/mol. The normalized spacial score (nSPS) is 15.1. The maximum atomic E-state index is 12.8. The molecule has 160 valence electrons. The van der Waals surface area contributed by atoms with Crippen LogP contribution < -0.4 is 10.3 Å². The Hall–Kier alpha value is -2.80. The Morgan fingerprint density at radius 3 is 1.23 bits per heavy atom. The molecule has 1 heterocycles. The van der Waals surface area contributed by atoms with Crippen LogP contribution in [0.2, 0.25) is 0 Å². The monoisotopic (exact) mass is 452 g/mol. The molecule has 1 saturated heterocycles. The van der Waals surface area contributed by atoms with Crippen LogP contribution in [0, 0.1) is 0 Å². The van der Waals surface area contributed by atoms with Crippen LogP contribution in [-0.4, -0.2) is 64.6 Å². The molecule has 1 aliphatic heterocycles. The van der Waals surface area contributed by atoms with Crippen LogP contribution in [0.4, 0.5) is 0 Å². The lowest BCUT2D eigenvalue weighted by Crippen LogP contribution is -2.51. The highest BCUT2D eigenvalue weighted by Gasteiger charge is 2.30. The van der Waals surface area contributed by atoms with E-state index in [0.29, 0.717) is 0 Å². The van der Waals surface area contributed by atoms with Gasteiger partial charge in [0.25, 0.3) is 11.8 Å². The van der Waals surface area contributed by atoms with Gasteiger partial charge in [-0.2, -0.15) is 0 Å². The minimum atomic E-state index is -4.08. The summed E-state index contributed by atoms with van der Waals surface area (Å²) in [7, 11) is -8.15. The molecular weight excluding hydrogens is 432 g/mol. The number of hydrogen-bond donors (Lipinski definition) is 2. The quantitative estimate of drug-likeness (QED) is 0.640. The molecule has 0 aliphatic carbocycles. The molecule has 0 radical (unpaired) electrons. The second-order valence-electron chi connectivity index (χ2n) is 6.67. The Bertz CT molecular complexity index is 1110. The third kappa shape index (κ3) is 4.51. The number of nitrogens with two attached hydrogens (primary N) is 2.